The normalized spacial score (nSPS) is 11.6. The molecule has 0 saturated heterocycles. The molecule has 1 rings (SSSR count). The molecule has 0 aliphatic heterocycles. The van der Waals surface area contributed by atoms with Gasteiger partial charge in [-0.05, 0) is 30.2 Å². The van der Waals surface area contributed by atoms with E-state index in [0.717, 1.165) is 11.1 Å². The molecular weight excluding hydrogens is 200 g/mol. The van der Waals surface area contributed by atoms with Crippen molar-refractivity contribution >= 4 is 9.84 Å². The van der Waals surface area contributed by atoms with Gasteiger partial charge in [0.2, 0.25) is 0 Å². The number of hydrogen-bond donors (Lipinski definition) is 1. The molecule has 0 radical (unpaired) electrons. The highest BCUT2D eigenvalue weighted by Gasteiger charge is 2.12. The lowest BCUT2D eigenvalue weighted by Crippen LogP contribution is -2.04. The minimum absolute atomic E-state index is 0.0573. The molecule has 0 fully saturated rings. The fourth-order valence-electron chi connectivity index (χ4n) is 1.21. The van der Waals surface area contributed by atoms with Gasteiger partial charge < -0.3 is 5.11 Å². The Morgan fingerprint density at radius 2 is 2.00 bits per heavy atom. The summed E-state index contributed by atoms with van der Waals surface area (Å²) in [5, 5.41) is 8.92. The van der Waals surface area contributed by atoms with Crippen LogP contribution < -0.4 is 0 Å². The van der Waals surface area contributed by atoms with E-state index in [-0.39, 0.29) is 12.4 Å². The van der Waals surface area contributed by atoms with Crippen molar-refractivity contribution in [1.29, 1.82) is 0 Å². The third kappa shape index (κ3) is 2.13. The van der Waals surface area contributed by atoms with Gasteiger partial charge in [-0.3, -0.25) is 0 Å². The summed E-state index contributed by atoms with van der Waals surface area (Å²) in [6.45, 7) is 3.35. The van der Waals surface area contributed by atoms with Crippen molar-refractivity contribution in [2.45, 2.75) is 25.3 Å². The molecule has 0 heterocycles. The van der Waals surface area contributed by atoms with E-state index < -0.39 is 9.84 Å². The molecule has 0 spiro atoms. The fourth-order valence-corrected chi connectivity index (χ4v) is 2.17. The van der Waals surface area contributed by atoms with Crippen LogP contribution in [0.25, 0.3) is 0 Å². The molecule has 1 N–H and O–H groups in total. The average molecular weight is 214 g/mol. The van der Waals surface area contributed by atoms with Gasteiger partial charge in [0.05, 0.1) is 17.3 Å². The Labute approximate surface area is 84.3 Å². The summed E-state index contributed by atoms with van der Waals surface area (Å²) >= 11 is 0. The lowest BCUT2D eigenvalue weighted by Gasteiger charge is -2.05. The van der Waals surface area contributed by atoms with E-state index in [1.807, 2.05) is 0 Å². The Morgan fingerprint density at radius 3 is 2.43 bits per heavy atom. The van der Waals surface area contributed by atoms with Crippen LogP contribution in [0.3, 0.4) is 0 Å². The maximum atomic E-state index is 11.5. The Bertz CT molecular complexity index is 421. The van der Waals surface area contributed by atoms with Crippen LogP contribution in [0.15, 0.2) is 23.1 Å². The second-order valence-corrected chi connectivity index (χ2v) is 5.43. The summed E-state index contributed by atoms with van der Waals surface area (Å²) in [7, 11) is -3.13. The number of rotatable bonds is 3. The number of aliphatic hydroxyl groups is 1. The SMILES string of the molecule is CCS(=O)(=O)c1ccc(CO)c(C)c1. The first-order valence-corrected chi connectivity index (χ1v) is 6.09. The zero-order chi connectivity index (χ0) is 10.8. The maximum absolute atomic E-state index is 11.5. The van der Waals surface area contributed by atoms with E-state index in [2.05, 4.69) is 0 Å². The van der Waals surface area contributed by atoms with Gasteiger partial charge in [-0.25, -0.2) is 8.42 Å². The van der Waals surface area contributed by atoms with Crippen molar-refractivity contribution in [2.75, 3.05) is 5.75 Å². The number of aliphatic hydroxyl groups excluding tert-OH is 1. The second-order valence-electron chi connectivity index (χ2n) is 3.15. The standard InChI is InChI=1S/C10H14O3S/c1-3-14(12,13)10-5-4-9(7-11)8(2)6-10/h4-6,11H,3,7H2,1-2H3. The van der Waals surface area contributed by atoms with Gasteiger partial charge in [-0.15, -0.1) is 0 Å². The molecule has 3 nitrogen and oxygen atoms in total. The quantitative estimate of drug-likeness (QED) is 0.824. The van der Waals surface area contributed by atoms with Crippen molar-refractivity contribution in [3.05, 3.63) is 29.3 Å². The lowest BCUT2D eigenvalue weighted by molar-refractivity contribution is 0.281. The van der Waals surface area contributed by atoms with Crippen molar-refractivity contribution < 1.29 is 13.5 Å². The van der Waals surface area contributed by atoms with Gasteiger partial charge in [0.25, 0.3) is 0 Å². The molecule has 0 bridgehead atoms. The van der Waals surface area contributed by atoms with Crippen molar-refractivity contribution in [3.8, 4) is 0 Å². The molecule has 78 valence electrons. The largest absolute Gasteiger partial charge is 0.392 e. The van der Waals surface area contributed by atoms with Gasteiger partial charge in [-0.1, -0.05) is 13.0 Å². The third-order valence-electron chi connectivity index (χ3n) is 2.22. The zero-order valence-corrected chi connectivity index (χ0v) is 9.13. The first kappa shape index (κ1) is 11.2. The van der Waals surface area contributed by atoms with Crippen LogP contribution in [0.4, 0.5) is 0 Å². The minimum Gasteiger partial charge on any atom is -0.392 e. The molecule has 0 aliphatic rings. The molecule has 4 heteroatoms. The van der Waals surface area contributed by atoms with Gasteiger partial charge in [0, 0.05) is 0 Å². The number of sulfone groups is 1. The molecular formula is C10H14O3S. The van der Waals surface area contributed by atoms with Crippen molar-refractivity contribution in [2.24, 2.45) is 0 Å². The van der Waals surface area contributed by atoms with Crippen LogP contribution >= 0.6 is 0 Å². The molecule has 1 aromatic rings. The second kappa shape index (κ2) is 4.11. The summed E-state index contributed by atoms with van der Waals surface area (Å²) in [6, 6.07) is 4.79. The highest BCUT2D eigenvalue weighted by molar-refractivity contribution is 7.91. The average Bonchev–Trinajstić information content (AvgIpc) is 2.17. The van der Waals surface area contributed by atoms with Gasteiger partial charge in [0.15, 0.2) is 9.84 Å². The van der Waals surface area contributed by atoms with Gasteiger partial charge in [-0.2, -0.15) is 0 Å². The van der Waals surface area contributed by atoms with E-state index in [1.165, 1.54) is 6.07 Å². The Kier molecular flexibility index (Phi) is 3.29. The summed E-state index contributed by atoms with van der Waals surface area (Å²) in [6.07, 6.45) is 0. The fraction of sp³-hybridized carbons (Fsp3) is 0.400. The molecule has 1 aromatic carbocycles. The predicted molar refractivity (Wildman–Crippen MR) is 54.8 cm³/mol. The highest BCUT2D eigenvalue weighted by Crippen LogP contribution is 2.16. The lowest BCUT2D eigenvalue weighted by atomic mass is 10.1. The predicted octanol–water partition coefficient (Wildman–Crippen LogP) is 1.28. The molecule has 0 aliphatic carbocycles. The van der Waals surface area contributed by atoms with Crippen molar-refractivity contribution in [3.63, 3.8) is 0 Å². The summed E-state index contributed by atoms with van der Waals surface area (Å²) in [4.78, 5) is 0.328. The van der Waals surface area contributed by atoms with Crippen LogP contribution in [-0.2, 0) is 16.4 Å². The van der Waals surface area contributed by atoms with Crippen LogP contribution in [0.1, 0.15) is 18.1 Å². The Balaban J connectivity index is 3.22. The van der Waals surface area contributed by atoms with Crippen LogP contribution in [0, 0.1) is 6.92 Å². The van der Waals surface area contributed by atoms with E-state index in [9.17, 15) is 8.42 Å². The highest BCUT2D eigenvalue weighted by atomic mass is 32.2. The maximum Gasteiger partial charge on any atom is 0.178 e. The monoisotopic (exact) mass is 214 g/mol. The first-order chi connectivity index (χ1) is 6.51. The molecule has 0 atom stereocenters. The smallest absolute Gasteiger partial charge is 0.178 e. The third-order valence-corrected chi connectivity index (χ3v) is 3.96. The first-order valence-electron chi connectivity index (χ1n) is 4.44. The van der Waals surface area contributed by atoms with E-state index in [1.54, 1.807) is 26.0 Å². The molecule has 0 amide bonds. The number of hydrogen-bond acceptors (Lipinski definition) is 3. The van der Waals surface area contributed by atoms with E-state index >= 15 is 0 Å². The molecule has 0 aromatic heterocycles. The Morgan fingerprint density at radius 1 is 1.36 bits per heavy atom. The summed E-state index contributed by atoms with van der Waals surface area (Å²) in [5.41, 5.74) is 1.57. The molecule has 0 saturated carbocycles. The number of benzene rings is 1. The zero-order valence-electron chi connectivity index (χ0n) is 8.32. The topological polar surface area (TPSA) is 54.4 Å². The van der Waals surface area contributed by atoms with Crippen LogP contribution in [-0.4, -0.2) is 19.3 Å². The van der Waals surface area contributed by atoms with Gasteiger partial charge >= 0.3 is 0 Å². The molecule has 14 heavy (non-hydrogen) atoms. The van der Waals surface area contributed by atoms with Crippen molar-refractivity contribution in [1.82, 2.24) is 0 Å². The van der Waals surface area contributed by atoms with E-state index in [0.29, 0.717) is 4.90 Å². The summed E-state index contributed by atoms with van der Waals surface area (Å²) in [5.74, 6) is 0.102. The molecule has 0 unspecified atom stereocenters. The van der Waals surface area contributed by atoms with Crippen LogP contribution in [0.5, 0.6) is 0 Å². The van der Waals surface area contributed by atoms with Crippen LogP contribution in [0.2, 0.25) is 0 Å². The number of aryl methyl sites for hydroxylation is 1. The Hall–Kier alpha value is -0.870. The van der Waals surface area contributed by atoms with Gasteiger partial charge in [0.1, 0.15) is 0 Å². The minimum atomic E-state index is -3.13. The summed E-state index contributed by atoms with van der Waals surface area (Å²) < 4.78 is 23.0. The van der Waals surface area contributed by atoms with E-state index in [4.69, 9.17) is 5.11 Å².